The predicted octanol–water partition coefficient (Wildman–Crippen LogP) is 2.73. The Hall–Kier alpha value is -2.19. The van der Waals surface area contributed by atoms with Crippen LogP contribution >= 0.6 is 11.3 Å². The first-order valence-electron chi connectivity index (χ1n) is 10.1. The number of halogens is 1. The summed E-state index contributed by atoms with van der Waals surface area (Å²) in [6.45, 7) is 2.65. The lowest BCUT2D eigenvalue weighted by molar-refractivity contribution is -0.132. The van der Waals surface area contributed by atoms with Crippen LogP contribution in [0.5, 0.6) is 0 Å². The number of carbonyl (C=O) groups is 1. The van der Waals surface area contributed by atoms with Crippen LogP contribution in [0.2, 0.25) is 0 Å². The molecule has 1 saturated carbocycles. The average molecular weight is 417 g/mol. The number of amides is 1. The van der Waals surface area contributed by atoms with Gasteiger partial charge in [0, 0.05) is 42.8 Å². The fourth-order valence-corrected chi connectivity index (χ4v) is 6.07. The Morgan fingerprint density at radius 2 is 2.24 bits per heavy atom. The van der Waals surface area contributed by atoms with E-state index in [1.165, 1.54) is 16.9 Å². The first-order valence-corrected chi connectivity index (χ1v) is 10.9. The van der Waals surface area contributed by atoms with E-state index in [4.69, 9.17) is 0 Å². The monoisotopic (exact) mass is 416 g/mol. The van der Waals surface area contributed by atoms with Crippen LogP contribution in [0.4, 0.5) is 15.2 Å². The number of para-hydroxylation sites is 1. The van der Waals surface area contributed by atoms with E-state index < -0.39 is 11.2 Å². The van der Waals surface area contributed by atoms with Crippen molar-refractivity contribution in [2.24, 2.45) is 0 Å². The van der Waals surface area contributed by atoms with Crippen LogP contribution in [0.15, 0.2) is 24.3 Å². The van der Waals surface area contributed by atoms with Crippen molar-refractivity contribution in [2.45, 2.75) is 56.4 Å². The number of hydrogen-bond acceptors (Lipinski definition) is 6. The molecule has 8 heteroatoms. The Balaban J connectivity index is 1.25. The molecule has 1 fully saturated rings. The van der Waals surface area contributed by atoms with E-state index in [2.05, 4.69) is 21.7 Å². The van der Waals surface area contributed by atoms with E-state index in [9.17, 15) is 14.3 Å². The number of rotatable bonds is 4. The lowest BCUT2D eigenvalue weighted by Crippen LogP contribution is -2.59. The quantitative estimate of drug-likeness (QED) is 0.715. The lowest BCUT2D eigenvalue weighted by Gasteiger charge is -2.49. The average Bonchev–Trinajstić information content (AvgIpc) is 3.28. The molecule has 29 heavy (non-hydrogen) atoms. The van der Waals surface area contributed by atoms with Crippen LogP contribution in [0.25, 0.3) is 0 Å². The molecular formula is C21H25FN4O2S. The molecule has 2 aromatic rings. The summed E-state index contributed by atoms with van der Waals surface area (Å²) in [5.74, 6) is 0.119. The fourth-order valence-electron chi connectivity index (χ4n) is 4.93. The van der Waals surface area contributed by atoms with Crippen LogP contribution in [-0.4, -0.2) is 51.3 Å². The number of nitrogens with zero attached hydrogens (tertiary/aromatic N) is 2. The van der Waals surface area contributed by atoms with Gasteiger partial charge in [-0.25, -0.2) is 9.37 Å². The molecule has 1 aromatic carbocycles. The number of hydrogen-bond donors (Lipinski definition) is 3. The van der Waals surface area contributed by atoms with Gasteiger partial charge < -0.3 is 20.6 Å². The molecule has 1 unspecified atom stereocenters. The van der Waals surface area contributed by atoms with Gasteiger partial charge in [0.05, 0.1) is 24.4 Å². The number of benzene rings is 1. The lowest BCUT2D eigenvalue weighted by atomic mass is 9.67. The van der Waals surface area contributed by atoms with E-state index in [0.717, 1.165) is 22.7 Å². The minimum atomic E-state index is -1.23. The molecule has 1 aliphatic carbocycles. The minimum absolute atomic E-state index is 0.116. The number of fused-ring (bicyclic) bond motifs is 2. The Kier molecular flexibility index (Phi) is 4.33. The zero-order valence-electron chi connectivity index (χ0n) is 16.4. The largest absolute Gasteiger partial charge is 0.394 e. The van der Waals surface area contributed by atoms with Gasteiger partial charge in [-0.2, -0.15) is 0 Å². The first kappa shape index (κ1) is 18.8. The van der Waals surface area contributed by atoms with Gasteiger partial charge in [-0.3, -0.25) is 4.79 Å². The van der Waals surface area contributed by atoms with Crippen LogP contribution in [-0.2, 0) is 24.2 Å². The number of aromatic nitrogens is 1. The minimum Gasteiger partial charge on any atom is -0.394 e. The van der Waals surface area contributed by atoms with Crippen LogP contribution < -0.4 is 10.6 Å². The molecule has 0 bridgehead atoms. The van der Waals surface area contributed by atoms with Gasteiger partial charge in [0.25, 0.3) is 0 Å². The van der Waals surface area contributed by atoms with Crippen LogP contribution in [0.1, 0.15) is 35.9 Å². The van der Waals surface area contributed by atoms with Crippen molar-refractivity contribution < 1.29 is 14.3 Å². The van der Waals surface area contributed by atoms with Gasteiger partial charge >= 0.3 is 0 Å². The molecule has 154 valence electrons. The predicted molar refractivity (Wildman–Crippen MR) is 111 cm³/mol. The third-order valence-electron chi connectivity index (χ3n) is 6.20. The summed E-state index contributed by atoms with van der Waals surface area (Å²) in [5.41, 5.74) is 1.37. The summed E-state index contributed by atoms with van der Waals surface area (Å²) in [7, 11) is 0. The standard InChI is InChI=1S/C21H25FN4O2S/c1-20(22)10-21(11-20,12-27)25-19-24-15-6-7-26(9-17(15)29-19)18(28)16-8-13-4-2-3-5-14(13)23-16/h2-5,16,23,27H,6-12H2,1H3,(H,24,25). The molecule has 0 saturated heterocycles. The molecule has 1 aromatic heterocycles. The van der Waals surface area contributed by atoms with Crippen molar-refractivity contribution in [3.05, 3.63) is 40.4 Å². The summed E-state index contributed by atoms with van der Waals surface area (Å²) in [6.07, 6.45) is 1.99. The third-order valence-corrected chi connectivity index (χ3v) is 7.20. The summed E-state index contributed by atoms with van der Waals surface area (Å²) < 4.78 is 14.0. The molecule has 3 aliphatic rings. The second-order valence-corrected chi connectivity index (χ2v) is 9.87. The molecule has 1 atom stereocenters. The Bertz CT molecular complexity index is 927. The Morgan fingerprint density at radius 1 is 1.45 bits per heavy atom. The smallest absolute Gasteiger partial charge is 0.245 e. The SMILES string of the molecule is CC1(F)CC(CO)(Nc2nc3c(s2)CN(C(=O)C2Cc4ccccc4N2)CC3)C1. The van der Waals surface area contributed by atoms with Crippen LogP contribution in [0, 0.1) is 0 Å². The molecule has 2 aliphatic heterocycles. The van der Waals surface area contributed by atoms with Crippen molar-refractivity contribution in [2.75, 3.05) is 23.8 Å². The first-order chi connectivity index (χ1) is 13.9. The van der Waals surface area contributed by atoms with Gasteiger partial charge in [0.2, 0.25) is 5.91 Å². The zero-order chi connectivity index (χ0) is 20.2. The molecule has 0 spiro atoms. The van der Waals surface area contributed by atoms with Gasteiger partial charge in [0.1, 0.15) is 11.7 Å². The maximum Gasteiger partial charge on any atom is 0.245 e. The molecule has 3 N–H and O–H groups in total. The van der Waals surface area contributed by atoms with Crippen molar-refractivity contribution in [1.29, 1.82) is 0 Å². The number of thiazole rings is 1. The van der Waals surface area contributed by atoms with Crippen molar-refractivity contribution in [1.82, 2.24) is 9.88 Å². The van der Waals surface area contributed by atoms with E-state index in [-0.39, 0.29) is 31.4 Å². The number of anilines is 2. The van der Waals surface area contributed by atoms with Gasteiger partial charge in [-0.1, -0.05) is 29.5 Å². The molecule has 1 amide bonds. The van der Waals surface area contributed by atoms with E-state index in [1.807, 2.05) is 23.1 Å². The summed E-state index contributed by atoms with van der Waals surface area (Å²) in [5, 5.41) is 17.1. The van der Waals surface area contributed by atoms with Gasteiger partial charge in [0.15, 0.2) is 5.13 Å². The summed E-state index contributed by atoms with van der Waals surface area (Å²) in [4.78, 5) is 20.7. The van der Waals surface area contributed by atoms with Gasteiger partial charge in [-0.05, 0) is 18.6 Å². The molecular weight excluding hydrogens is 391 g/mol. The van der Waals surface area contributed by atoms with Crippen molar-refractivity contribution in [3.63, 3.8) is 0 Å². The second-order valence-electron chi connectivity index (χ2n) is 8.79. The normalized spacial score (nSPS) is 30.2. The number of alkyl halides is 1. The highest BCUT2D eigenvalue weighted by atomic mass is 32.1. The molecule has 5 rings (SSSR count). The maximum atomic E-state index is 14.0. The number of aliphatic hydroxyl groups excluding tert-OH is 1. The molecule has 6 nitrogen and oxygen atoms in total. The zero-order valence-corrected chi connectivity index (χ0v) is 17.2. The fraction of sp³-hybridized carbons (Fsp3) is 0.524. The molecule has 3 heterocycles. The van der Waals surface area contributed by atoms with Crippen molar-refractivity contribution >= 4 is 28.1 Å². The van der Waals surface area contributed by atoms with E-state index in [1.54, 1.807) is 6.92 Å². The highest BCUT2D eigenvalue weighted by molar-refractivity contribution is 7.15. The van der Waals surface area contributed by atoms with Gasteiger partial charge in [-0.15, -0.1) is 0 Å². The highest BCUT2D eigenvalue weighted by Gasteiger charge is 2.53. The van der Waals surface area contributed by atoms with E-state index >= 15 is 0 Å². The highest BCUT2D eigenvalue weighted by Crippen LogP contribution is 2.46. The second kappa shape index (κ2) is 6.67. The maximum absolute atomic E-state index is 14.0. The number of nitrogens with one attached hydrogen (secondary N) is 2. The number of aliphatic hydroxyl groups is 1. The number of carbonyl (C=O) groups excluding carboxylic acids is 1. The summed E-state index contributed by atoms with van der Waals surface area (Å²) in [6, 6.07) is 7.83. The third kappa shape index (κ3) is 3.38. The topological polar surface area (TPSA) is 77.5 Å². The summed E-state index contributed by atoms with van der Waals surface area (Å²) >= 11 is 1.51. The Morgan fingerprint density at radius 3 is 2.97 bits per heavy atom. The van der Waals surface area contributed by atoms with E-state index in [0.29, 0.717) is 24.6 Å². The van der Waals surface area contributed by atoms with Crippen molar-refractivity contribution in [3.8, 4) is 0 Å². The molecule has 0 radical (unpaired) electrons. The Labute approximate surface area is 173 Å². The van der Waals surface area contributed by atoms with Crippen LogP contribution in [0.3, 0.4) is 0 Å².